The van der Waals surface area contributed by atoms with Gasteiger partial charge in [0.05, 0.1) is 5.69 Å². The molecule has 2 amide bonds. The second-order valence-corrected chi connectivity index (χ2v) is 6.49. The van der Waals surface area contributed by atoms with Crippen LogP contribution in [-0.4, -0.2) is 41.1 Å². The maximum atomic E-state index is 12.2. The Morgan fingerprint density at radius 3 is 2.92 bits per heavy atom. The first-order valence-electron chi connectivity index (χ1n) is 8.88. The molecule has 1 aromatic carbocycles. The van der Waals surface area contributed by atoms with E-state index < -0.39 is 0 Å². The van der Waals surface area contributed by atoms with Gasteiger partial charge in [0.15, 0.2) is 6.61 Å². The predicted molar refractivity (Wildman–Crippen MR) is 93.0 cm³/mol. The van der Waals surface area contributed by atoms with Gasteiger partial charge in [-0.1, -0.05) is 18.0 Å². The summed E-state index contributed by atoms with van der Waals surface area (Å²) in [7, 11) is 0. The highest BCUT2D eigenvalue weighted by atomic mass is 16.5. The molecule has 0 spiro atoms. The Bertz CT molecular complexity index is 841. The van der Waals surface area contributed by atoms with Gasteiger partial charge in [-0.2, -0.15) is 4.98 Å². The smallest absolute Gasteiger partial charge is 0.316 e. The quantitative estimate of drug-likeness (QED) is 0.901. The number of aromatic nitrogens is 2. The monoisotopic (exact) mass is 356 g/mol. The van der Waals surface area contributed by atoms with Gasteiger partial charge in [-0.15, -0.1) is 0 Å². The Balaban J connectivity index is 1.54. The lowest BCUT2D eigenvalue weighted by Crippen LogP contribution is -2.38. The summed E-state index contributed by atoms with van der Waals surface area (Å²) in [4.78, 5) is 30.0. The molecular weight excluding hydrogens is 336 g/mol. The molecule has 1 aliphatic carbocycles. The van der Waals surface area contributed by atoms with Gasteiger partial charge in [0, 0.05) is 18.2 Å². The number of amides is 2. The Hall–Kier alpha value is -2.90. The minimum Gasteiger partial charge on any atom is -0.482 e. The van der Waals surface area contributed by atoms with Crippen LogP contribution >= 0.6 is 0 Å². The SMILES string of the molecule is CCN1C(=O)COc2cc(-c3noc(C(=O)NC4CCCC4)n3)ccc21. The van der Waals surface area contributed by atoms with Gasteiger partial charge in [0.25, 0.3) is 5.91 Å². The molecule has 2 aliphatic rings. The molecule has 0 saturated heterocycles. The summed E-state index contributed by atoms with van der Waals surface area (Å²) in [6, 6.07) is 5.52. The van der Waals surface area contributed by atoms with Gasteiger partial charge in [-0.25, -0.2) is 0 Å². The first-order valence-corrected chi connectivity index (χ1v) is 8.88. The van der Waals surface area contributed by atoms with Crippen molar-refractivity contribution in [3.8, 4) is 17.1 Å². The third kappa shape index (κ3) is 3.02. The van der Waals surface area contributed by atoms with E-state index in [0.29, 0.717) is 23.7 Å². The van der Waals surface area contributed by atoms with E-state index in [1.165, 1.54) is 0 Å². The number of rotatable bonds is 4. The highest BCUT2D eigenvalue weighted by Crippen LogP contribution is 2.35. The van der Waals surface area contributed by atoms with Crippen molar-refractivity contribution >= 4 is 17.5 Å². The molecule has 1 fully saturated rings. The minimum absolute atomic E-state index is 0.00554. The predicted octanol–water partition coefficient (Wildman–Crippen LogP) is 2.15. The zero-order valence-electron chi connectivity index (χ0n) is 14.5. The van der Waals surface area contributed by atoms with Crippen LogP contribution < -0.4 is 15.0 Å². The summed E-state index contributed by atoms with van der Waals surface area (Å²) in [6.07, 6.45) is 4.24. The van der Waals surface area contributed by atoms with Crippen molar-refractivity contribution in [1.82, 2.24) is 15.5 Å². The van der Waals surface area contributed by atoms with E-state index in [1.54, 1.807) is 23.1 Å². The maximum Gasteiger partial charge on any atom is 0.316 e. The van der Waals surface area contributed by atoms with E-state index >= 15 is 0 Å². The number of benzene rings is 1. The number of ether oxygens (including phenoxy) is 1. The largest absolute Gasteiger partial charge is 0.482 e. The summed E-state index contributed by atoms with van der Waals surface area (Å²) in [5.41, 5.74) is 1.38. The number of anilines is 1. The Morgan fingerprint density at radius 2 is 2.15 bits per heavy atom. The number of carbonyl (C=O) groups is 2. The van der Waals surface area contributed by atoms with Crippen molar-refractivity contribution < 1.29 is 18.8 Å². The van der Waals surface area contributed by atoms with Crippen LogP contribution in [0.5, 0.6) is 5.75 Å². The first-order chi connectivity index (χ1) is 12.7. The lowest BCUT2D eigenvalue weighted by Gasteiger charge is -2.28. The zero-order chi connectivity index (χ0) is 18.1. The normalized spacial score (nSPS) is 17.1. The molecule has 2 heterocycles. The number of fused-ring (bicyclic) bond motifs is 1. The van der Waals surface area contributed by atoms with Crippen LogP contribution in [0.25, 0.3) is 11.4 Å². The molecule has 0 unspecified atom stereocenters. The molecule has 1 N–H and O–H groups in total. The fourth-order valence-electron chi connectivity index (χ4n) is 3.44. The fraction of sp³-hybridized carbons (Fsp3) is 0.444. The van der Waals surface area contributed by atoms with E-state index in [9.17, 15) is 9.59 Å². The average Bonchev–Trinajstić information content (AvgIpc) is 3.33. The molecule has 0 radical (unpaired) electrons. The van der Waals surface area contributed by atoms with Gasteiger partial charge in [0.2, 0.25) is 5.82 Å². The summed E-state index contributed by atoms with van der Waals surface area (Å²) in [6.45, 7) is 2.49. The summed E-state index contributed by atoms with van der Waals surface area (Å²) in [5, 5.41) is 6.83. The molecule has 2 aromatic rings. The van der Waals surface area contributed by atoms with Gasteiger partial charge < -0.3 is 19.5 Å². The van der Waals surface area contributed by atoms with Gasteiger partial charge in [-0.3, -0.25) is 9.59 Å². The lowest BCUT2D eigenvalue weighted by atomic mass is 10.1. The summed E-state index contributed by atoms with van der Waals surface area (Å²) < 4.78 is 10.6. The number of nitrogens with zero attached hydrogens (tertiary/aromatic N) is 3. The molecule has 0 bridgehead atoms. The van der Waals surface area contributed by atoms with Gasteiger partial charge in [0.1, 0.15) is 5.75 Å². The highest BCUT2D eigenvalue weighted by molar-refractivity contribution is 5.98. The van der Waals surface area contributed by atoms with Crippen LogP contribution in [0.3, 0.4) is 0 Å². The Morgan fingerprint density at radius 1 is 1.35 bits per heavy atom. The molecule has 8 nitrogen and oxygen atoms in total. The van der Waals surface area contributed by atoms with E-state index in [4.69, 9.17) is 9.26 Å². The maximum absolute atomic E-state index is 12.2. The van der Waals surface area contributed by atoms with Crippen LogP contribution in [0.15, 0.2) is 22.7 Å². The standard InChI is InChI=1S/C18H20N4O4/c1-2-22-13-8-7-11(9-14(13)25-10-15(22)23)16-20-18(26-21-16)17(24)19-12-5-3-4-6-12/h7-9,12H,2-6,10H2,1H3,(H,19,24). The molecule has 1 aliphatic heterocycles. The summed E-state index contributed by atoms with van der Waals surface area (Å²) in [5.74, 6) is 0.445. The molecule has 26 heavy (non-hydrogen) atoms. The molecule has 0 atom stereocenters. The van der Waals surface area contributed by atoms with Crippen LogP contribution in [-0.2, 0) is 4.79 Å². The van der Waals surface area contributed by atoms with Crippen LogP contribution in [0.4, 0.5) is 5.69 Å². The highest BCUT2D eigenvalue weighted by Gasteiger charge is 2.26. The van der Waals surface area contributed by atoms with Crippen molar-refractivity contribution in [2.75, 3.05) is 18.1 Å². The molecule has 8 heteroatoms. The van der Waals surface area contributed by atoms with Crippen molar-refractivity contribution in [1.29, 1.82) is 0 Å². The fourth-order valence-corrected chi connectivity index (χ4v) is 3.44. The van der Waals surface area contributed by atoms with Crippen LogP contribution in [0, 0.1) is 0 Å². The minimum atomic E-state index is -0.340. The van der Waals surface area contributed by atoms with Crippen molar-refractivity contribution in [3.05, 3.63) is 24.1 Å². The van der Waals surface area contributed by atoms with E-state index in [1.807, 2.05) is 6.92 Å². The molecular formula is C18H20N4O4. The van der Waals surface area contributed by atoms with Crippen LogP contribution in [0.2, 0.25) is 0 Å². The topological polar surface area (TPSA) is 97.6 Å². The number of hydrogen-bond acceptors (Lipinski definition) is 6. The average molecular weight is 356 g/mol. The third-order valence-corrected chi connectivity index (χ3v) is 4.79. The Labute approximate surface area is 150 Å². The number of nitrogens with one attached hydrogen (secondary N) is 1. The molecule has 1 saturated carbocycles. The van der Waals surface area contributed by atoms with Crippen molar-refractivity contribution in [2.24, 2.45) is 0 Å². The van der Waals surface area contributed by atoms with Gasteiger partial charge >= 0.3 is 11.8 Å². The number of likely N-dealkylation sites (N-methyl/N-ethyl adjacent to an activating group) is 1. The first kappa shape index (κ1) is 16.6. The third-order valence-electron chi connectivity index (χ3n) is 4.79. The van der Waals surface area contributed by atoms with E-state index in [0.717, 1.165) is 31.4 Å². The second kappa shape index (κ2) is 6.78. The van der Waals surface area contributed by atoms with Crippen molar-refractivity contribution in [2.45, 2.75) is 38.6 Å². The summed E-state index contributed by atoms with van der Waals surface area (Å²) >= 11 is 0. The Kier molecular flexibility index (Phi) is 4.32. The van der Waals surface area contributed by atoms with E-state index in [2.05, 4.69) is 15.5 Å². The number of hydrogen-bond donors (Lipinski definition) is 1. The van der Waals surface area contributed by atoms with E-state index in [-0.39, 0.29) is 30.4 Å². The molecule has 136 valence electrons. The second-order valence-electron chi connectivity index (χ2n) is 6.49. The number of carbonyl (C=O) groups excluding carboxylic acids is 2. The van der Waals surface area contributed by atoms with Crippen LogP contribution in [0.1, 0.15) is 43.3 Å². The zero-order valence-corrected chi connectivity index (χ0v) is 14.5. The molecule has 1 aromatic heterocycles. The lowest BCUT2D eigenvalue weighted by molar-refractivity contribution is -0.121. The van der Waals surface area contributed by atoms with Crippen molar-refractivity contribution in [3.63, 3.8) is 0 Å². The molecule has 4 rings (SSSR count). The van der Waals surface area contributed by atoms with Gasteiger partial charge in [-0.05, 0) is 38.0 Å².